The molecule has 2 saturated heterocycles. The molecule has 6 aromatic carbocycles. The highest BCUT2D eigenvalue weighted by atomic mass is 35.5. The third-order valence-electron chi connectivity index (χ3n) is 16.3. The lowest BCUT2D eigenvalue weighted by Crippen LogP contribution is -2.38. The Bertz CT molecular complexity index is 4350. The van der Waals surface area contributed by atoms with Crippen molar-refractivity contribution in [2.75, 3.05) is 57.7 Å². The predicted octanol–water partition coefficient (Wildman–Crippen LogP) is 12.6. The summed E-state index contributed by atoms with van der Waals surface area (Å²) >= 11 is 12.4. The van der Waals surface area contributed by atoms with Gasteiger partial charge in [0.1, 0.15) is 71.3 Å². The molecule has 99 heavy (non-hydrogen) atoms. The number of anilines is 2. The Hall–Kier alpha value is -8.59. The average molecular weight is 1440 g/mol. The summed E-state index contributed by atoms with van der Waals surface area (Å²) in [6.45, 7) is 12.3. The quantitative estimate of drug-likeness (QED) is 0.0261. The molecule has 11 rings (SSSR count). The SMILES string of the molecule is CCN(CC)CC.COc1ccc(C(OC[C@H]2O[C@@H](n3ccc(NC(=O)c4ccccc4)nc3=O)C[C@@H]2OP(=O)(OC[C@H]2O[C@@H](n3cnc4c(=O)[nH]c(NC(=O)C(C)C)nc43)C[C@@H]2OP(=O)(O)Oc2ccc(Cl)cc2)Oc2ccc(Cl)cc2)(c2ccccc2)c2ccc(OC)cc2)cc1. The first-order valence-corrected chi connectivity index (χ1v) is 35.4. The zero-order chi connectivity index (χ0) is 70.4. The van der Waals surface area contributed by atoms with Crippen LogP contribution >= 0.6 is 38.8 Å². The number of aromatic amines is 1. The van der Waals surface area contributed by atoms with E-state index in [1.165, 1.54) is 95.9 Å². The number of phosphoric acid groups is 2. The summed E-state index contributed by atoms with van der Waals surface area (Å²) in [5.41, 5.74) is -0.869. The van der Waals surface area contributed by atoms with Gasteiger partial charge in [-0.05, 0) is 127 Å². The van der Waals surface area contributed by atoms with E-state index in [0.717, 1.165) is 0 Å². The highest BCUT2D eigenvalue weighted by molar-refractivity contribution is 7.49. The highest BCUT2D eigenvalue weighted by Gasteiger charge is 2.49. The number of carbonyl (C=O) groups is 2. The van der Waals surface area contributed by atoms with Crippen LogP contribution in [-0.2, 0) is 47.3 Å². The number of aromatic nitrogens is 6. The molecule has 9 aromatic rings. The molecule has 0 bridgehead atoms. The van der Waals surface area contributed by atoms with Crippen molar-refractivity contribution in [1.82, 2.24) is 34.0 Å². The van der Waals surface area contributed by atoms with Crippen molar-refractivity contribution in [2.24, 2.45) is 5.92 Å². The fourth-order valence-electron chi connectivity index (χ4n) is 11.0. The van der Waals surface area contributed by atoms with E-state index in [9.17, 15) is 28.6 Å². The number of fused-ring (bicyclic) bond motifs is 1. The van der Waals surface area contributed by atoms with Gasteiger partial charge >= 0.3 is 21.3 Å². The van der Waals surface area contributed by atoms with Gasteiger partial charge in [0.2, 0.25) is 11.9 Å². The standard InChI is InChI=1S/C63H60Cl2N8O17P2.C6H15N/c1-38(2)58(74)70-61-69-57-56(60(76)71-61)66-37-73(57)55-33-49(89-91(78,79)87-47-27-19-43(64)20-28-47)52(86-55)36-84-92(80,88-48-29-21-44(65)22-30-48)90-50-34-54(72-32-31-53(68-62(72)77)67-59(75)39-11-7-5-8-12-39)85-51(50)35-83-63(40-13-9-6-10-14-40,41-15-23-45(81-3)24-16-41)42-17-25-46(82-4)26-18-42;1-4-7(5-2)6-3/h5-32,37-38,49-52,54-55H,33-36H2,1-4H3,(H,78,79)(H,67,68,75,77)(H2,69,70,71,74,76);4-6H2,1-3H3/t49-,50-,51+,52+,54+,55+,92?;/m0./s1. The molecule has 0 radical (unpaired) electrons. The summed E-state index contributed by atoms with van der Waals surface area (Å²) < 4.78 is 94.7. The maximum atomic E-state index is 16.0. The molecule has 30 heteroatoms. The third kappa shape index (κ3) is 18.3. The van der Waals surface area contributed by atoms with E-state index in [-0.39, 0.29) is 53.9 Å². The molecule has 2 aliphatic heterocycles. The van der Waals surface area contributed by atoms with Gasteiger partial charge in [-0.15, -0.1) is 0 Å². The number of halogens is 2. The smallest absolute Gasteiger partial charge is 0.497 e. The molecule has 8 atom stereocenters. The van der Waals surface area contributed by atoms with E-state index in [4.69, 9.17) is 69.5 Å². The van der Waals surface area contributed by atoms with Crippen LogP contribution in [0.5, 0.6) is 23.0 Å². The molecular formula is C69H75Cl2N9O17P2. The number of nitrogens with one attached hydrogen (secondary N) is 3. The largest absolute Gasteiger partial charge is 0.530 e. The number of benzene rings is 6. The number of phosphoric ester groups is 2. The molecule has 4 N–H and O–H groups in total. The number of carbonyl (C=O) groups excluding carboxylic acids is 2. The average Bonchev–Trinajstić information content (AvgIpc) is 0.981. The van der Waals surface area contributed by atoms with Crippen molar-refractivity contribution in [3.8, 4) is 23.0 Å². The van der Waals surface area contributed by atoms with Crippen LogP contribution in [-0.4, -0.2) is 122 Å². The second kappa shape index (κ2) is 33.1. The van der Waals surface area contributed by atoms with Gasteiger partial charge in [0.05, 0.1) is 33.8 Å². The Labute approximate surface area is 580 Å². The lowest BCUT2D eigenvalue weighted by Gasteiger charge is -2.37. The summed E-state index contributed by atoms with van der Waals surface area (Å²) in [5.74, 6) is -0.665. The third-order valence-corrected chi connectivity index (χ3v) is 19.2. The number of hydrogen-bond acceptors (Lipinski definition) is 20. The van der Waals surface area contributed by atoms with Crippen LogP contribution in [0.1, 0.15) is 87.0 Å². The second-order valence-electron chi connectivity index (χ2n) is 23.0. The van der Waals surface area contributed by atoms with Gasteiger partial charge in [0, 0.05) is 40.6 Å². The molecule has 2 amide bonds. The summed E-state index contributed by atoms with van der Waals surface area (Å²) in [6.07, 6.45) is -5.81. The van der Waals surface area contributed by atoms with Crippen LogP contribution in [0.25, 0.3) is 11.2 Å². The molecular weight excluding hydrogens is 1360 g/mol. The summed E-state index contributed by atoms with van der Waals surface area (Å²) in [5, 5.41) is 5.84. The van der Waals surface area contributed by atoms with Gasteiger partial charge in [-0.25, -0.2) is 18.9 Å². The van der Waals surface area contributed by atoms with Crippen LogP contribution in [0.2, 0.25) is 10.0 Å². The van der Waals surface area contributed by atoms with E-state index >= 15 is 4.57 Å². The molecule has 2 aliphatic rings. The highest BCUT2D eigenvalue weighted by Crippen LogP contribution is 2.55. The number of ether oxygens (including phenoxy) is 5. The second-order valence-corrected chi connectivity index (χ2v) is 26.7. The molecule has 0 aliphatic carbocycles. The van der Waals surface area contributed by atoms with Gasteiger partial charge in [-0.3, -0.25) is 52.3 Å². The number of methoxy groups -OCH3 is 2. The minimum atomic E-state index is -5.11. The first kappa shape index (κ1) is 73.1. The maximum Gasteiger partial charge on any atom is 0.530 e. The number of imidazole rings is 1. The van der Waals surface area contributed by atoms with E-state index in [0.29, 0.717) is 43.8 Å². The Kier molecular flexibility index (Phi) is 24.4. The number of H-pyrrole nitrogens is 1. The molecule has 0 spiro atoms. The van der Waals surface area contributed by atoms with Gasteiger partial charge in [-0.2, -0.15) is 9.97 Å². The first-order chi connectivity index (χ1) is 47.6. The summed E-state index contributed by atoms with van der Waals surface area (Å²) in [6, 6.07) is 45.1. The maximum absolute atomic E-state index is 16.0. The Morgan fingerprint density at radius 3 is 1.72 bits per heavy atom. The number of hydrogen-bond donors (Lipinski definition) is 4. The van der Waals surface area contributed by atoms with Crippen molar-refractivity contribution in [2.45, 2.75) is 89.9 Å². The number of amides is 2. The lowest BCUT2D eigenvalue weighted by atomic mass is 9.80. The van der Waals surface area contributed by atoms with Crippen LogP contribution in [0, 0.1) is 5.92 Å². The molecule has 5 heterocycles. The molecule has 2 unspecified atom stereocenters. The number of nitrogens with zero attached hydrogens (tertiary/aromatic N) is 6. The topological polar surface area (TPSA) is 307 Å². The van der Waals surface area contributed by atoms with Crippen LogP contribution in [0.3, 0.4) is 0 Å². The lowest BCUT2D eigenvalue weighted by molar-refractivity contribution is -0.119. The van der Waals surface area contributed by atoms with Gasteiger partial charge in [0.15, 0.2) is 11.2 Å². The minimum Gasteiger partial charge on any atom is -0.497 e. The number of rotatable bonds is 28. The molecule has 522 valence electrons. The Morgan fingerprint density at radius 1 is 0.667 bits per heavy atom. The zero-order valence-electron chi connectivity index (χ0n) is 55.0. The van der Waals surface area contributed by atoms with Crippen LogP contribution < -0.4 is 40.4 Å². The normalized spacial score (nSPS) is 18.8. The molecule has 0 saturated carbocycles. The van der Waals surface area contributed by atoms with Gasteiger partial charge in [-0.1, -0.05) is 131 Å². The van der Waals surface area contributed by atoms with E-state index in [2.05, 4.69) is 56.2 Å². The van der Waals surface area contributed by atoms with Crippen molar-refractivity contribution in [3.63, 3.8) is 0 Å². The molecule has 26 nitrogen and oxygen atoms in total. The van der Waals surface area contributed by atoms with Gasteiger partial charge < -0.3 is 42.9 Å². The first-order valence-electron chi connectivity index (χ1n) is 31.7. The van der Waals surface area contributed by atoms with E-state index < -0.39 is 93.7 Å². The molecule has 3 aromatic heterocycles. The summed E-state index contributed by atoms with van der Waals surface area (Å²) in [4.78, 5) is 82.5. The monoisotopic (exact) mass is 1430 g/mol. The van der Waals surface area contributed by atoms with Gasteiger partial charge in [0.25, 0.3) is 11.5 Å². The summed E-state index contributed by atoms with van der Waals surface area (Å²) in [7, 11) is -7.10. The fourth-order valence-corrected chi connectivity index (χ4v) is 13.7. The molecule has 2 fully saturated rings. The Morgan fingerprint density at radius 2 is 1.18 bits per heavy atom. The zero-order valence-corrected chi connectivity index (χ0v) is 58.3. The van der Waals surface area contributed by atoms with Crippen molar-refractivity contribution in [1.29, 1.82) is 0 Å². The fraction of sp³-hybridized carbons (Fsp3) is 0.319. The van der Waals surface area contributed by atoms with Crippen molar-refractivity contribution >= 4 is 73.6 Å². The minimum absolute atomic E-state index is 0.0487. The Balaban J connectivity index is 0.00000144. The van der Waals surface area contributed by atoms with E-state index in [1.807, 2.05) is 54.6 Å². The van der Waals surface area contributed by atoms with E-state index in [1.54, 1.807) is 82.7 Å². The predicted molar refractivity (Wildman–Crippen MR) is 371 cm³/mol. The van der Waals surface area contributed by atoms with Crippen molar-refractivity contribution < 1.29 is 69.9 Å². The van der Waals surface area contributed by atoms with Crippen LogP contribution in [0.4, 0.5) is 11.8 Å². The van der Waals surface area contributed by atoms with Crippen LogP contribution in [0.15, 0.2) is 186 Å². The van der Waals surface area contributed by atoms with Crippen molar-refractivity contribution in [3.05, 3.63) is 229 Å².